The second kappa shape index (κ2) is 4.03. The van der Waals surface area contributed by atoms with Crippen LogP contribution in [0.25, 0.3) is 0 Å². The number of nitrogens with one attached hydrogen (secondary N) is 1. The van der Waals surface area contributed by atoms with Crippen LogP contribution in [0.15, 0.2) is 16.5 Å². The van der Waals surface area contributed by atoms with Crippen molar-refractivity contribution in [2.45, 2.75) is 12.8 Å². The number of hydrogen-bond acceptors (Lipinski definition) is 3. The predicted octanol–water partition coefficient (Wildman–Crippen LogP) is 1.76. The summed E-state index contributed by atoms with van der Waals surface area (Å²) in [5.41, 5.74) is 0.298. The molecular weight excluding hydrogens is 240 g/mol. The highest BCUT2D eigenvalue weighted by atomic mass is 35.5. The molecule has 1 unspecified atom stereocenters. The molecule has 92 valence electrons. The lowest BCUT2D eigenvalue weighted by molar-refractivity contribution is 0.0744. The average molecular weight is 255 g/mol. The maximum absolute atomic E-state index is 12.2. The standard InChI is InChI=1S/C12H15ClN2O2/c13-10-2-1-9(17-10)11(16)15-6-4-12(8-15)3-5-14-7-12/h1-2,14H,3-8H2. The minimum absolute atomic E-state index is 0.0410. The van der Waals surface area contributed by atoms with Crippen LogP contribution >= 0.6 is 11.6 Å². The quantitative estimate of drug-likeness (QED) is 0.831. The molecule has 4 nitrogen and oxygen atoms in total. The first kappa shape index (κ1) is 11.1. The third-order valence-electron chi connectivity index (χ3n) is 3.84. The zero-order valence-corrected chi connectivity index (χ0v) is 10.3. The summed E-state index contributed by atoms with van der Waals surface area (Å²) >= 11 is 5.68. The number of halogens is 1. The normalized spacial score (nSPS) is 28.2. The maximum Gasteiger partial charge on any atom is 0.289 e. The molecule has 1 N–H and O–H groups in total. The SMILES string of the molecule is O=C(c1ccc(Cl)o1)N1CCC2(CCNC2)C1. The highest BCUT2D eigenvalue weighted by Gasteiger charge is 2.42. The fourth-order valence-corrected chi connectivity index (χ4v) is 2.98. The fourth-order valence-electron chi connectivity index (χ4n) is 2.84. The van der Waals surface area contributed by atoms with Gasteiger partial charge < -0.3 is 14.6 Å². The van der Waals surface area contributed by atoms with Crippen LogP contribution in [0.3, 0.4) is 0 Å². The Balaban J connectivity index is 1.72. The Bertz CT molecular complexity index is 437. The number of furan rings is 1. The summed E-state index contributed by atoms with van der Waals surface area (Å²) in [5, 5.41) is 3.64. The van der Waals surface area contributed by atoms with Crippen LogP contribution < -0.4 is 5.32 Å². The van der Waals surface area contributed by atoms with Gasteiger partial charge in [-0.05, 0) is 43.1 Å². The fraction of sp³-hybridized carbons (Fsp3) is 0.583. The van der Waals surface area contributed by atoms with Crippen molar-refractivity contribution in [2.75, 3.05) is 26.2 Å². The van der Waals surface area contributed by atoms with Crippen molar-refractivity contribution >= 4 is 17.5 Å². The summed E-state index contributed by atoms with van der Waals surface area (Å²) < 4.78 is 5.17. The summed E-state index contributed by atoms with van der Waals surface area (Å²) in [7, 11) is 0. The van der Waals surface area contributed by atoms with Crippen molar-refractivity contribution in [1.82, 2.24) is 10.2 Å². The lowest BCUT2D eigenvalue weighted by Gasteiger charge is -2.22. The summed E-state index contributed by atoms with van der Waals surface area (Å²) in [5.74, 6) is 0.304. The Morgan fingerprint density at radius 3 is 3.00 bits per heavy atom. The smallest absolute Gasteiger partial charge is 0.289 e. The molecule has 17 heavy (non-hydrogen) atoms. The van der Waals surface area contributed by atoms with Crippen LogP contribution in [0.2, 0.25) is 5.22 Å². The van der Waals surface area contributed by atoms with E-state index in [1.54, 1.807) is 12.1 Å². The van der Waals surface area contributed by atoms with E-state index in [-0.39, 0.29) is 11.1 Å². The first-order valence-corrected chi connectivity index (χ1v) is 6.32. The van der Waals surface area contributed by atoms with E-state index in [2.05, 4.69) is 5.32 Å². The molecule has 2 fully saturated rings. The van der Waals surface area contributed by atoms with Crippen molar-refractivity contribution in [2.24, 2.45) is 5.41 Å². The molecule has 3 rings (SSSR count). The Morgan fingerprint density at radius 2 is 2.35 bits per heavy atom. The molecule has 5 heteroatoms. The molecule has 0 saturated carbocycles. The first-order chi connectivity index (χ1) is 8.19. The van der Waals surface area contributed by atoms with Gasteiger partial charge in [-0.1, -0.05) is 0 Å². The average Bonchev–Trinajstić information content (AvgIpc) is 3.02. The maximum atomic E-state index is 12.2. The summed E-state index contributed by atoms with van der Waals surface area (Å²) in [6, 6.07) is 3.25. The van der Waals surface area contributed by atoms with E-state index >= 15 is 0 Å². The second-order valence-corrected chi connectivity index (χ2v) is 5.38. The van der Waals surface area contributed by atoms with Gasteiger partial charge in [0.05, 0.1) is 0 Å². The van der Waals surface area contributed by atoms with Gasteiger partial charge in [-0.15, -0.1) is 0 Å². The summed E-state index contributed by atoms with van der Waals surface area (Å²) in [4.78, 5) is 14.0. The number of amides is 1. The molecule has 0 aromatic carbocycles. The van der Waals surface area contributed by atoms with Crippen LogP contribution in [0.5, 0.6) is 0 Å². The van der Waals surface area contributed by atoms with Crippen LogP contribution in [-0.4, -0.2) is 37.0 Å². The lowest BCUT2D eigenvalue weighted by atomic mass is 9.87. The molecule has 1 spiro atoms. The van der Waals surface area contributed by atoms with Crippen molar-refractivity contribution in [3.63, 3.8) is 0 Å². The monoisotopic (exact) mass is 254 g/mol. The van der Waals surface area contributed by atoms with Crippen molar-refractivity contribution in [1.29, 1.82) is 0 Å². The van der Waals surface area contributed by atoms with Gasteiger partial charge in [0.25, 0.3) is 5.91 Å². The molecule has 0 bridgehead atoms. The van der Waals surface area contributed by atoms with Crippen molar-refractivity contribution in [3.8, 4) is 0 Å². The molecule has 3 heterocycles. The Morgan fingerprint density at radius 1 is 1.47 bits per heavy atom. The number of nitrogens with zero attached hydrogens (tertiary/aromatic N) is 1. The van der Waals surface area contributed by atoms with E-state index in [9.17, 15) is 4.79 Å². The van der Waals surface area contributed by atoms with Crippen LogP contribution in [0.1, 0.15) is 23.4 Å². The third-order valence-corrected chi connectivity index (χ3v) is 4.04. The minimum atomic E-state index is -0.0410. The molecule has 1 amide bonds. The van der Waals surface area contributed by atoms with Gasteiger partial charge in [-0.3, -0.25) is 4.79 Å². The molecule has 2 aliphatic heterocycles. The van der Waals surface area contributed by atoms with Gasteiger partial charge in [-0.25, -0.2) is 0 Å². The molecule has 0 aliphatic carbocycles. The highest BCUT2D eigenvalue weighted by molar-refractivity contribution is 6.29. The van der Waals surface area contributed by atoms with Gasteiger partial charge in [0.1, 0.15) is 0 Å². The van der Waals surface area contributed by atoms with E-state index in [1.807, 2.05) is 4.90 Å². The number of rotatable bonds is 1. The van der Waals surface area contributed by atoms with Crippen molar-refractivity contribution in [3.05, 3.63) is 23.1 Å². The Hall–Kier alpha value is -1.00. The molecule has 1 aromatic rings. The van der Waals surface area contributed by atoms with E-state index in [0.29, 0.717) is 11.2 Å². The number of likely N-dealkylation sites (tertiary alicyclic amines) is 1. The highest BCUT2D eigenvalue weighted by Crippen LogP contribution is 2.36. The van der Waals surface area contributed by atoms with Crippen LogP contribution in [0, 0.1) is 5.41 Å². The number of hydrogen-bond donors (Lipinski definition) is 1. The molecular formula is C12H15ClN2O2. The van der Waals surface area contributed by atoms with Gasteiger partial charge in [0.15, 0.2) is 11.0 Å². The van der Waals surface area contributed by atoms with Gasteiger partial charge >= 0.3 is 0 Å². The zero-order valence-electron chi connectivity index (χ0n) is 9.54. The number of carbonyl (C=O) groups excluding carboxylic acids is 1. The topological polar surface area (TPSA) is 45.5 Å². The van der Waals surface area contributed by atoms with Gasteiger partial charge in [0.2, 0.25) is 0 Å². The van der Waals surface area contributed by atoms with Crippen LogP contribution in [0.4, 0.5) is 0 Å². The molecule has 1 aromatic heterocycles. The third kappa shape index (κ3) is 1.96. The predicted molar refractivity (Wildman–Crippen MR) is 64.2 cm³/mol. The molecule has 2 saturated heterocycles. The van der Waals surface area contributed by atoms with Crippen molar-refractivity contribution < 1.29 is 9.21 Å². The lowest BCUT2D eigenvalue weighted by Crippen LogP contribution is -2.33. The molecule has 1 atom stereocenters. The first-order valence-electron chi connectivity index (χ1n) is 5.94. The Kier molecular flexibility index (Phi) is 2.64. The summed E-state index contributed by atoms with van der Waals surface area (Å²) in [6.07, 6.45) is 2.25. The van der Waals surface area contributed by atoms with E-state index in [0.717, 1.165) is 39.0 Å². The number of carbonyl (C=O) groups is 1. The van der Waals surface area contributed by atoms with Gasteiger partial charge in [0, 0.05) is 25.0 Å². The van der Waals surface area contributed by atoms with Crippen LogP contribution in [-0.2, 0) is 0 Å². The zero-order chi connectivity index (χ0) is 11.9. The Labute approximate surface area is 105 Å². The van der Waals surface area contributed by atoms with E-state index in [1.165, 1.54) is 0 Å². The largest absolute Gasteiger partial charge is 0.440 e. The molecule has 2 aliphatic rings. The van der Waals surface area contributed by atoms with E-state index in [4.69, 9.17) is 16.0 Å². The summed E-state index contributed by atoms with van der Waals surface area (Å²) in [6.45, 7) is 3.74. The second-order valence-electron chi connectivity index (χ2n) is 5.01. The minimum Gasteiger partial charge on any atom is -0.440 e. The molecule has 0 radical (unpaired) electrons. The van der Waals surface area contributed by atoms with E-state index < -0.39 is 0 Å². The van der Waals surface area contributed by atoms with Gasteiger partial charge in [-0.2, -0.15) is 0 Å².